The van der Waals surface area contributed by atoms with Crippen molar-refractivity contribution < 1.29 is 5.11 Å². The summed E-state index contributed by atoms with van der Waals surface area (Å²) in [5.74, 6) is 0.961. The van der Waals surface area contributed by atoms with Gasteiger partial charge in [-0.15, -0.1) is 0 Å². The standard InChI is InChI=1S/C9H12O/c1-6-5-9(10)8-4-2-3-7(6)8/h2,4,7-10H,1,3,5H2/t7-,8-,9?/m0/s1. The van der Waals surface area contributed by atoms with Crippen LogP contribution < -0.4 is 0 Å². The van der Waals surface area contributed by atoms with Gasteiger partial charge in [0.05, 0.1) is 6.10 Å². The van der Waals surface area contributed by atoms with Crippen molar-refractivity contribution in [3.63, 3.8) is 0 Å². The third-order valence-corrected chi connectivity index (χ3v) is 2.65. The van der Waals surface area contributed by atoms with E-state index < -0.39 is 0 Å². The number of fused-ring (bicyclic) bond motifs is 1. The summed E-state index contributed by atoms with van der Waals surface area (Å²) in [7, 11) is 0. The van der Waals surface area contributed by atoms with Gasteiger partial charge in [-0.25, -0.2) is 0 Å². The highest BCUT2D eigenvalue weighted by Gasteiger charge is 2.37. The summed E-state index contributed by atoms with van der Waals surface area (Å²) < 4.78 is 0. The van der Waals surface area contributed by atoms with Crippen molar-refractivity contribution in [2.45, 2.75) is 18.9 Å². The average molecular weight is 136 g/mol. The molecule has 2 rings (SSSR count). The predicted octanol–water partition coefficient (Wildman–Crippen LogP) is 1.50. The summed E-state index contributed by atoms with van der Waals surface area (Å²) in [5, 5.41) is 9.46. The quantitative estimate of drug-likeness (QED) is 0.500. The molecule has 2 aliphatic rings. The Morgan fingerprint density at radius 3 is 3.10 bits per heavy atom. The Bertz CT molecular complexity index is 193. The van der Waals surface area contributed by atoms with Gasteiger partial charge in [-0.1, -0.05) is 24.3 Å². The highest BCUT2D eigenvalue weighted by atomic mass is 16.3. The first-order chi connectivity index (χ1) is 4.79. The molecule has 1 heteroatoms. The third-order valence-electron chi connectivity index (χ3n) is 2.65. The average Bonchev–Trinajstić information content (AvgIpc) is 2.39. The zero-order valence-electron chi connectivity index (χ0n) is 5.96. The minimum atomic E-state index is -0.142. The van der Waals surface area contributed by atoms with Crippen molar-refractivity contribution in [3.05, 3.63) is 24.3 Å². The molecule has 0 aromatic rings. The van der Waals surface area contributed by atoms with E-state index in [2.05, 4.69) is 18.7 Å². The first-order valence-electron chi connectivity index (χ1n) is 3.81. The second kappa shape index (κ2) is 1.96. The molecule has 1 nitrogen and oxygen atoms in total. The lowest BCUT2D eigenvalue weighted by atomic mass is 9.97. The van der Waals surface area contributed by atoms with Crippen LogP contribution in [0.1, 0.15) is 12.8 Å². The van der Waals surface area contributed by atoms with Crippen LogP contribution in [-0.2, 0) is 0 Å². The van der Waals surface area contributed by atoms with E-state index in [1.807, 2.05) is 0 Å². The van der Waals surface area contributed by atoms with E-state index in [0.717, 1.165) is 12.8 Å². The number of aliphatic hydroxyl groups excluding tert-OH is 1. The Kier molecular flexibility index (Phi) is 1.21. The molecule has 1 N–H and O–H groups in total. The van der Waals surface area contributed by atoms with E-state index in [0.29, 0.717) is 11.8 Å². The maximum absolute atomic E-state index is 9.46. The fourth-order valence-corrected chi connectivity index (χ4v) is 2.06. The van der Waals surface area contributed by atoms with Crippen molar-refractivity contribution in [3.8, 4) is 0 Å². The van der Waals surface area contributed by atoms with E-state index in [4.69, 9.17) is 0 Å². The molecule has 0 amide bonds. The maximum Gasteiger partial charge on any atom is 0.0645 e. The number of rotatable bonds is 0. The summed E-state index contributed by atoms with van der Waals surface area (Å²) in [6.07, 6.45) is 6.06. The first-order valence-corrected chi connectivity index (χ1v) is 3.81. The largest absolute Gasteiger partial charge is 0.392 e. The smallest absolute Gasteiger partial charge is 0.0645 e. The number of allylic oxidation sites excluding steroid dienone is 1. The molecule has 1 saturated carbocycles. The molecule has 0 saturated heterocycles. The molecule has 10 heavy (non-hydrogen) atoms. The number of hydrogen-bond donors (Lipinski definition) is 1. The highest BCUT2D eigenvalue weighted by Crippen LogP contribution is 2.42. The molecule has 0 aliphatic heterocycles. The fraction of sp³-hybridized carbons (Fsp3) is 0.556. The van der Waals surface area contributed by atoms with Crippen LogP contribution >= 0.6 is 0 Å². The lowest BCUT2D eigenvalue weighted by Gasteiger charge is -2.10. The Morgan fingerprint density at radius 1 is 1.60 bits per heavy atom. The zero-order chi connectivity index (χ0) is 7.14. The second-order valence-corrected chi connectivity index (χ2v) is 3.28. The van der Waals surface area contributed by atoms with Gasteiger partial charge in [0.2, 0.25) is 0 Å². The van der Waals surface area contributed by atoms with Crippen molar-refractivity contribution in [1.82, 2.24) is 0 Å². The molecule has 3 atom stereocenters. The molecular weight excluding hydrogens is 124 g/mol. The summed E-state index contributed by atoms with van der Waals surface area (Å²) >= 11 is 0. The van der Waals surface area contributed by atoms with E-state index in [1.165, 1.54) is 5.57 Å². The minimum Gasteiger partial charge on any atom is -0.392 e. The molecule has 1 fully saturated rings. The van der Waals surface area contributed by atoms with Gasteiger partial charge in [0.1, 0.15) is 0 Å². The lowest BCUT2D eigenvalue weighted by Crippen LogP contribution is -2.12. The van der Waals surface area contributed by atoms with E-state index in [9.17, 15) is 5.11 Å². The van der Waals surface area contributed by atoms with Crippen molar-refractivity contribution in [2.24, 2.45) is 11.8 Å². The van der Waals surface area contributed by atoms with Crippen LogP contribution in [0.5, 0.6) is 0 Å². The molecule has 0 bridgehead atoms. The van der Waals surface area contributed by atoms with Gasteiger partial charge in [-0.2, -0.15) is 0 Å². The van der Waals surface area contributed by atoms with Crippen molar-refractivity contribution in [1.29, 1.82) is 0 Å². The van der Waals surface area contributed by atoms with Gasteiger partial charge in [0.25, 0.3) is 0 Å². The number of aliphatic hydroxyl groups is 1. The summed E-state index contributed by atoms with van der Waals surface area (Å²) in [5.41, 5.74) is 1.24. The molecule has 1 unspecified atom stereocenters. The van der Waals surface area contributed by atoms with Crippen LogP contribution in [0, 0.1) is 11.8 Å². The van der Waals surface area contributed by atoms with Crippen LogP contribution in [0.4, 0.5) is 0 Å². The minimum absolute atomic E-state index is 0.142. The zero-order valence-corrected chi connectivity index (χ0v) is 5.96. The predicted molar refractivity (Wildman–Crippen MR) is 40.5 cm³/mol. The molecule has 0 aromatic heterocycles. The van der Waals surface area contributed by atoms with Gasteiger partial charge < -0.3 is 5.11 Å². The molecule has 0 radical (unpaired) electrons. The summed E-state index contributed by atoms with van der Waals surface area (Å²) in [6.45, 7) is 3.95. The Balaban J connectivity index is 2.25. The summed E-state index contributed by atoms with van der Waals surface area (Å²) in [4.78, 5) is 0. The SMILES string of the molecule is C=C1CC(O)[C@H]2C=CC[C@@H]12. The van der Waals surface area contributed by atoms with E-state index >= 15 is 0 Å². The van der Waals surface area contributed by atoms with Gasteiger partial charge in [-0.3, -0.25) is 0 Å². The van der Waals surface area contributed by atoms with Crippen LogP contribution in [0.15, 0.2) is 24.3 Å². The van der Waals surface area contributed by atoms with Gasteiger partial charge in [-0.05, 0) is 18.8 Å². The summed E-state index contributed by atoms with van der Waals surface area (Å²) in [6, 6.07) is 0. The normalized spacial score (nSPS) is 44.5. The monoisotopic (exact) mass is 136 g/mol. The van der Waals surface area contributed by atoms with Gasteiger partial charge in [0.15, 0.2) is 0 Å². The Morgan fingerprint density at radius 2 is 2.40 bits per heavy atom. The Labute approximate surface area is 61.1 Å². The molecule has 0 spiro atoms. The van der Waals surface area contributed by atoms with Gasteiger partial charge >= 0.3 is 0 Å². The fourth-order valence-electron chi connectivity index (χ4n) is 2.06. The van der Waals surface area contributed by atoms with E-state index in [1.54, 1.807) is 0 Å². The van der Waals surface area contributed by atoms with Crippen LogP contribution in [-0.4, -0.2) is 11.2 Å². The van der Waals surface area contributed by atoms with E-state index in [-0.39, 0.29) is 6.10 Å². The van der Waals surface area contributed by atoms with Gasteiger partial charge in [0, 0.05) is 5.92 Å². The molecule has 0 aromatic carbocycles. The van der Waals surface area contributed by atoms with Crippen LogP contribution in [0.25, 0.3) is 0 Å². The topological polar surface area (TPSA) is 20.2 Å². The van der Waals surface area contributed by atoms with Crippen LogP contribution in [0.3, 0.4) is 0 Å². The van der Waals surface area contributed by atoms with Crippen molar-refractivity contribution in [2.75, 3.05) is 0 Å². The maximum atomic E-state index is 9.46. The Hall–Kier alpha value is -0.560. The molecule has 2 aliphatic carbocycles. The second-order valence-electron chi connectivity index (χ2n) is 3.28. The molecule has 0 heterocycles. The number of hydrogen-bond acceptors (Lipinski definition) is 1. The van der Waals surface area contributed by atoms with Crippen LogP contribution in [0.2, 0.25) is 0 Å². The lowest BCUT2D eigenvalue weighted by molar-refractivity contribution is 0.146. The first kappa shape index (κ1) is 6.17. The molecular formula is C9H12O. The molecule has 54 valence electrons. The third kappa shape index (κ3) is 0.671. The highest BCUT2D eigenvalue weighted by molar-refractivity contribution is 5.22. The van der Waals surface area contributed by atoms with Crippen molar-refractivity contribution >= 4 is 0 Å².